The highest BCUT2D eigenvalue weighted by atomic mass is 16.5. The molecule has 1 fully saturated rings. The van der Waals surface area contributed by atoms with Crippen LogP contribution < -0.4 is 10.5 Å². The molecule has 1 aliphatic carbocycles. The van der Waals surface area contributed by atoms with E-state index in [1.807, 2.05) is 0 Å². The maximum Gasteiger partial charge on any atom is 0.240 e. The van der Waals surface area contributed by atoms with Gasteiger partial charge in [0.25, 0.3) is 0 Å². The molecule has 70 valence electrons. The summed E-state index contributed by atoms with van der Waals surface area (Å²) in [5.41, 5.74) is 6.15. The van der Waals surface area contributed by atoms with Gasteiger partial charge in [0, 0.05) is 0 Å². The summed E-state index contributed by atoms with van der Waals surface area (Å²) in [4.78, 5) is 7.77. The van der Waals surface area contributed by atoms with Crippen LogP contribution >= 0.6 is 0 Å². The Balaban J connectivity index is 2.03. The molecule has 13 heavy (non-hydrogen) atoms. The first-order valence-electron chi connectivity index (χ1n) is 4.49. The molecule has 0 aromatic carbocycles. The van der Waals surface area contributed by atoms with E-state index < -0.39 is 0 Å². The Bertz CT molecular complexity index is 299. The molecule has 0 radical (unpaired) electrons. The second-order valence-electron chi connectivity index (χ2n) is 3.44. The molecule has 4 nitrogen and oxygen atoms in total. The molecule has 1 saturated carbocycles. The number of ether oxygens (including phenoxy) is 1. The zero-order chi connectivity index (χ0) is 9.26. The largest absolute Gasteiger partial charge is 0.473 e. The van der Waals surface area contributed by atoms with Gasteiger partial charge in [-0.25, -0.2) is 4.98 Å². The van der Waals surface area contributed by atoms with Crippen molar-refractivity contribution in [3.8, 4) is 5.88 Å². The Morgan fingerprint density at radius 3 is 3.00 bits per heavy atom. The van der Waals surface area contributed by atoms with Gasteiger partial charge < -0.3 is 10.5 Å². The number of nitrogens with two attached hydrogens (primary N) is 1. The topological polar surface area (TPSA) is 61.0 Å². The third-order valence-corrected chi connectivity index (χ3v) is 2.29. The molecule has 0 saturated heterocycles. The molecular weight excluding hydrogens is 166 g/mol. The predicted octanol–water partition coefficient (Wildman–Crippen LogP) is 1.24. The Hall–Kier alpha value is -1.32. The summed E-state index contributed by atoms with van der Waals surface area (Å²) in [7, 11) is 0. The van der Waals surface area contributed by atoms with Gasteiger partial charge in [-0.05, 0) is 25.7 Å². The van der Waals surface area contributed by atoms with Crippen LogP contribution in [0.15, 0.2) is 12.5 Å². The fraction of sp³-hybridized carbons (Fsp3) is 0.556. The summed E-state index contributed by atoms with van der Waals surface area (Å²) < 4.78 is 5.59. The fourth-order valence-corrected chi connectivity index (χ4v) is 1.27. The molecular formula is C9H13N3O. The van der Waals surface area contributed by atoms with E-state index in [9.17, 15) is 0 Å². The van der Waals surface area contributed by atoms with Crippen LogP contribution in [-0.4, -0.2) is 16.1 Å². The lowest BCUT2D eigenvalue weighted by Crippen LogP contribution is -2.15. The Labute approximate surface area is 77.1 Å². The monoisotopic (exact) mass is 179 g/mol. The lowest BCUT2D eigenvalue weighted by molar-refractivity contribution is 0.191. The van der Waals surface area contributed by atoms with Gasteiger partial charge in [0.1, 0.15) is 18.1 Å². The first-order valence-corrected chi connectivity index (χ1v) is 4.49. The van der Waals surface area contributed by atoms with Crippen LogP contribution in [-0.2, 0) is 0 Å². The van der Waals surface area contributed by atoms with Crippen molar-refractivity contribution in [2.75, 3.05) is 5.73 Å². The van der Waals surface area contributed by atoms with Crippen LogP contribution in [0.5, 0.6) is 5.88 Å². The third-order valence-electron chi connectivity index (χ3n) is 2.29. The van der Waals surface area contributed by atoms with E-state index in [0.29, 0.717) is 17.5 Å². The highest BCUT2D eigenvalue weighted by molar-refractivity contribution is 5.44. The molecule has 4 heteroatoms. The second-order valence-corrected chi connectivity index (χ2v) is 3.44. The lowest BCUT2D eigenvalue weighted by Gasteiger charge is -2.13. The predicted molar refractivity (Wildman–Crippen MR) is 49.3 cm³/mol. The smallest absolute Gasteiger partial charge is 0.240 e. The lowest BCUT2D eigenvalue weighted by atomic mass is 10.3. The number of rotatable bonds is 3. The molecule has 0 aliphatic heterocycles. The number of nitrogens with zero attached hydrogens (tertiary/aromatic N) is 2. The first kappa shape index (κ1) is 8.29. The molecule has 1 atom stereocenters. The van der Waals surface area contributed by atoms with Crippen molar-refractivity contribution in [3.63, 3.8) is 0 Å². The van der Waals surface area contributed by atoms with Crippen molar-refractivity contribution in [1.29, 1.82) is 0 Å². The van der Waals surface area contributed by atoms with Crippen LogP contribution in [0.1, 0.15) is 19.8 Å². The van der Waals surface area contributed by atoms with Crippen LogP contribution in [0.4, 0.5) is 5.69 Å². The molecule has 0 bridgehead atoms. The Kier molecular flexibility index (Phi) is 2.04. The van der Waals surface area contributed by atoms with E-state index in [2.05, 4.69) is 16.9 Å². The average Bonchev–Trinajstić information content (AvgIpc) is 2.91. The van der Waals surface area contributed by atoms with Gasteiger partial charge in [-0.3, -0.25) is 0 Å². The van der Waals surface area contributed by atoms with E-state index in [1.165, 1.54) is 19.2 Å². The minimum absolute atomic E-state index is 0.220. The van der Waals surface area contributed by atoms with Crippen LogP contribution in [0, 0.1) is 5.92 Å². The number of hydrogen-bond donors (Lipinski definition) is 1. The second kappa shape index (κ2) is 3.20. The molecule has 2 rings (SSSR count). The minimum Gasteiger partial charge on any atom is -0.473 e. The van der Waals surface area contributed by atoms with Gasteiger partial charge in [-0.15, -0.1) is 0 Å². The van der Waals surface area contributed by atoms with Gasteiger partial charge in [0.2, 0.25) is 5.88 Å². The number of hydrogen-bond acceptors (Lipinski definition) is 4. The third kappa shape index (κ3) is 1.88. The molecule has 2 N–H and O–H groups in total. The van der Waals surface area contributed by atoms with E-state index in [1.54, 1.807) is 6.20 Å². The number of aromatic nitrogens is 2. The molecule has 1 aliphatic rings. The van der Waals surface area contributed by atoms with Gasteiger partial charge >= 0.3 is 0 Å². The Morgan fingerprint density at radius 2 is 2.38 bits per heavy atom. The van der Waals surface area contributed by atoms with E-state index in [-0.39, 0.29) is 6.10 Å². The van der Waals surface area contributed by atoms with Gasteiger partial charge in [-0.2, -0.15) is 4.98 Å². The van der Waals surface area contributed by atoms with Gasteiger partial charge in [0.05, 0.1) is 6.20 Å². The Morgan fingerprint density at radius 1 is 1.62 bits per heavy atom. The van der Waals surface area contributed by atoms with Crippen molar-refractivity contribution >= 4 is 5.69 Å². The molecule has 1 aromatic rings. The van der Waals surface area contributed by atoms with Gasteiger partial charge in [0.15, 0.2) is 0 Å². The zero-order valence-corrected chi connectivity index (χ0v) is 7.60. The average molecular weight is 179 g/mol. The first-order chi connectivity index (χ1) is 6.27. The fourth-order valence-electron chi connectivity index (χ4n) is 1.27. The highest BCUT2D eigenvalue weighted by Gasteiger charge is 2.29. The number of nitrogen functional groups attached to an aromatic ring is 1. The maximum atomic E-state index is 5.64. The quantitative estimate of drug-likeness (QED) is 0.758. The van der Waals surface area contributed by atoms with E-state index in [4.69, 9.17) is 10.5 Å². The molecule has 0 spiro atoms. The normalized spacial score (nSPS) is 18.2. The van der Waals surface area contributed by atoms with Crippen LogP contribution in [0.3, 0.4) is 0 Å². The van der Waals surface area contributed by atoms with Crippen molar-refractivity contribution in [2.24, 2.45) is 5.92 Å². The summed E-state index contributed by atoms with van der Waals surface area (Å²) in [6, 6.07) is 0. The van der Waals surface area contributed by atoms with E-state index in [0.717, 1.165) is 0 Å². The standard InChI is InChI=1S/C9H13N3O/c1-6(7-2-3-7)13-9-8(10)4-11-5-12-9/h4-7H,2-3,10H2,1H3. The summed E-state index contributed by atoms with van der Waals surface area (Å²) in [6.45, 7) is 2.05. The van der Waals surface area contributed by atoms with Gasteiger partial charge in [-0.1, -0.05) is 0 Å². The molecule has 1 heterocycles. The minimum atomic E-state index is 0.220. The van der Waals surface area contributed by atoms with Crippen molar-refractivity contribution in [3.05, 3.63) is 12.5 Å². The molecule has 1 aromatic heterocycles. The highest BCUT2D eigenvalue weighted by Crippen LogP contribution is 2.34. The maximum absolute atomic E-state index is 5.64. The summed E-state index contributed by atoms with van der Waals surface area (Å²) >= 11 is 0. The summed E-state index contributed by atoms with van der Waals surface area (Å²) in [6.07, 6.45) is 5.74. The van der Waals surface area contributed by atoms with Crippen LogP contribution in [0.2, 0.25) is 0 Å². The summed E-state index contributed by atoms with van der Waals surface area (Å²) in [5.74, 6) is 1.20. The SMILES string of the molecule is CC(Oc1ncncc1N)C1CC1. The van der Waals surface area contributed by atoms with E-state index >= 15 is 0 Å². The molecule has 1 unspecified atom stereocenters. The van der Waals surface area contributed by atoms with Crippen molar-refractivity contribution in [1.82, 2.24) is 9.97 Å². The molecule has 0 amide bonds. The van der Waals surface area contributed by atoms with Crippen LogP contribution in [0.25, 0.3) is 0 Å². The summed E-state index contributed by atoms with van der Waals surface area (Å²) in [5, 5.41) is 0. The van der Waals surface area contributed by atoms with Crippen molar-refractivity contribution < 1.29 is 4.74 Å². The number of anilines is 1. The zero-order valence-electron chi connectivity index (χ0n) is 7.60. The van der Waals surface area contributed by atoms with Crippen molar-refractivity contribution in [2.45, 2.75) is 25.9 Å².